The van der Waals surface area contributed by atoms with Crippen LogP contribution in [0.4, 0.5) is 20.4 Å². The van der Waals surface area contributed by atoms with E-state index in [0.29, 0.717) is 12.5 Å². The van der Waals surface area contributed by atoms with E-state index in [-0.39, 0.29) is 99.7 Å². The summed E-state index contributed by atoms with van der Waals surface area (Å²) in [6.45, 7) is 0.247. The van der Waals surface area contributed by atoms with Gasteiger partial charge in [-0.25, -0.2) is 36.0 Å². The minimum absolute atomic E-state index is 0. The smallest absolute Gasteiger partial charge is 0.493 e. The van der Waals surface area contributed by atoms with Gasteiger partial charge in [0.2, 0.25) is 15.8 Å². The van der Waals surface area contributed by atoms with Crippen molar-refractivity contribution in [2.75, 3.05) is 29.4 Å². The van der Waals surface area contributed by atoms with Gasteiger partial charge in [-0.2, -0.15) is 0 Å². The Hall–Kier alpha value is -1.38. The van der Waals surface area contributed by atoms with Crippen LogP contribution < -0.4 is 66.2 Å². The van der Waals surface area contributed by atoms with E-state index in [9.17, 15) is 17.2 Å². The van der Waals surface area contributed by atoms with E-state index in [0.717, 1.165) is 4.31 Å². The summed E-state index contributed by atoms with van der Waals surface area (Å²) in [4.78, 5) is 7.84. The van der Waals surface area contributed by atoms with Crippen LogP contribution in [-0.2, 0) is 10.0 Å². The maximum absolute atomic E-state index is 14.2. The van der Waals surface area contributed by atoms with Gasteiger partial charge in [-0.05, 0) is 6.42 Å². The molecular formula is C16H17F2KN6O3S. The maximum Gasteiger partial charge on any atom is 1.00 e. The van der Waals surface area contributed by atoms with Crippen molar-refractivity contribution in [3.8, 4) is 17.1 Å². The number of fused-ring (bicyclic) bond motifs is 1. The van der Waals surface area contributed by atoms with Crippen LogP contribution in [0.3, 0.4) is 0 Å². The van der Waals surface area contributed by atoms with E-state index < -0.39 is 27.5 Å². The van der Waals surface area contributed by atoms with Gasteiger partial charge in [-0.1, -0.05) is 0 Å². The Kier molecular flexibility index (Phi) is 7.23. The third-order valence-electron chi connectivity index (χ3n) is 4.19. The number of methoxy groups -OCH3 is 1. The number of pyridine rings is 1. The molecule has 4 rings (SSSR count). The second-order valence-electron chi connectivity index (χ2n) is 5.88. The Morgan fingerprint density at radius 2 is 1.97 bits per heavy atom. The van der Waals surface area contributed by atoms with Gasteiger partial charge in [0.15, 0.2) is 28.8 Å². The van der Waals surface area contributed by atoms with Gasteiger partial charge in [-0.15, -0.1) is 5.10 Å². The zero-order valence-corrected chi connectivity index (χ0v) is 20.0. The molecule has 0 aromatic carbocycles. The fraction of sp³-hybridized carbons (Fsp3) is 0.250. The number of imidazole rings is 1. The van der Waals surface area contributed by atoms with Crippen molar-refractivity contribution in [2.45, 2.75) is 6.42 Å². The van der Waals surface area contributed by atoms with Crippen molar-refractivity contribution in [2.24, 2.45) is 0 Å². The Labute approximate surface area is 208 Å². The van der Waals surface area contributed by atoms with E-state index in [1.807, 2.05) is 0 Å². The van der Waals surface area contributed by atoms with Crippen LogP contribution in [0.5, 0.6) is 5.75 Å². The first-order valence-electron chi connectivity index (χ1n) is 7.87. The molecule has 1 fully saturated rings. The second-order valence-corrected chi connectivity index (χ2v) is 7.89. The van der Waals surface area contributed by atoms with Crippen LogP contribution in [-0.4, -0.2) is 47.4 Å². The van der Waals surface area contributed by atoms with Crippen LogP contribution in [0, 0.1) is 19.1 Å². The summed E-state index contributed by atoms with van der Waals surface area (Å²) in [7, 11) is -2.14. The van der Waals surface area contributed by atoms with Crippen molar-refractivity contribution >= 4 is 27.3 Å². The number of sulfonamides is 1. The number of nitrogens with two attached hydrogens (primary N) is 1. The molecule has 150 valence electrons. The summed E-state index contributed by atoms with van der Waals surface area (Å²) >= 11 is 0. The van der Waals surface area contributed by atoms with E-state index >= 15 is 0 Å². The van der Waals surface area contributed by atoms with Crippen LogP contribution in [0.15, 0.2) is 18.3 Å². The monoisotopic (exact) mass is 450 g/mol. The molecule has 0 bridgehead atoms. The molecule has 3 aromatic rings. The van der Waals surface area contributed by atoms with Gasteiger partial charge in [-0.3, -0.25) is 0 Å². The van der Waals surface area contributed by atoms with Crippen LogP contribution >= 0.6 is 0 Å². The standard InChI is InChI=1S/C15H14F2N6O3S.CH3.K/c1-26-11-6-12-19-7-10(13-8(16)5-9(17)14(18)20-13)23(12)21-15(11)22-3-2-4-27(22,24)25;;/h5-7H,2-4H2,1H3,(H2,18,20);1H3;/q;-1;+1. The Bertz CT molecular complexity index is 1170. The predicted octanol–water partition coefficient (Wildman–Crippen LogP) is -1.35. The molecule has 0 radical (unpaired) electrons. The van der Waals surface area contributed by atoms with Gasteiger partial charge < -0.3 is 17.9 Å². The first-order valence-corrected chi connectivity index (χ1v) is 9.48. The first kappa shape index (κ1) is 23.9. The minimum atomic E-state index is -3.52. The van der Waals surface area contributed by atoms with Gasteiger partial charge in [0.05, 0.1) is 19.1 Å². The number of nitrogens with zero attached hydrogens (tertiary/aromatic N) is 5. The summed E-state index contributed by atoms with van der Waals surface area (Å²) in [6.07, 6.45) is 1.74. The summed E-state index contributed by atoms with van der Waals surface area (Å²) in [5.74, 6) is -2.15. The number of aromatic nitrogens is 4. The summed E-state index contributed by atoms with van der Waals surface area (Å²) in [6, 6.07) is 2.09. The number of hydrogen-bond donors (Lipinski definition) is 1. The van der Waals surface area contributed by atoms with Gasteiger partial charge >= 0.3 is 51.4 Å². The van der Waals surface area contributed by atoms with Crippen molar-refractivity contribution in [1.29, 1.82) is 0 Å². The predicted molar refractivity (Wildman–Crippen MR) is 99.3 cm³/mol. The Morgan fingerprint density at radius 3 is 2.59 bits per heavy atom. The number of anilines is 2. The number of nitrogen functional groups attached to an aromatic ring is 1. The summed E-state index contributed by atoms with van der Waals surface area (Å²) in [5, 5.41) is 4.29. The molecule has 13 heteroatoms. The number of halogens is 2. The molecule has 0 atom stereocenters. The zero-order chi connectivity index (χ0) is 19.3. The fourth-order valence-corrected chi connectivity index (χ4v) is 4.42. The molecular weight excluding hydrogens is 433 g/mol. The topological polar surface area (TPSA) is 116 Å². The number of ether oxygens (including phenoxy) is 1. The molecule has 29 heavy (non-hydrogen) atoms. The minimum Gasteiger partial charge on any atom is -0.493 e. The maximum atomic E-state index is 14.2. The zero-order valence-electron chi connectivity index (χ0n) is 16.1. The summed E-state index contributed by atoms with van der Waals surface area (Å²) < 4.78 is 59.8. The molecule has 1 aliphatic rings. The molecule has 2 N–H and O–H groups in total. The fourth-order valence-electron chi connectivity index (χ4n) is 2.91. The first-order chi connectivity index (χ1) is 12.8. The molecule has 1 aliphatic heterocycles. The van der Waals surface area contributed by atoms with Crippen LogP contribution in [0.25, 0.3) is 17.0 Å². The Balaban J connectivity index is 0.00000150. The largest absolute Gasteiger partial charge is 1.00 e. The van der Waals surface area contributed by atoms with E-state index in [1.165, 1.54) is 23.9 Å². The average Bonchev–Trinajstić information content (AvgIpc) is 3.19. The molecule has 0 saturated carbocycles. The molecule has 0 spiro atoms. The van der Waals surface area contributed by atoms with Crippen molar-refractivity contribution in [1.82, 2.24) is 19.6 Å². The third kappa shape index (κ3) is 4.11. The quantitative estimate of drug-likeness (QED) is 0.388. The normalized spacial score (nSPS) is 15.1. The van der Waals surface area contributed by atoms with Gasteiger partial charge in [0.25, 0.3) is 0 Å². The summed E-state index contributed by atoms with van der Waals surface area (Å²) in [5.41, 5.74) is 5.55. The molecule has 3 aromatic heterocycles. The molecule has 0 unspecified atom stereocenters. The molecule has 1 saturated heterocycles. The molecule has 4 heterocycles. The van der Waals surface area contributed by atoms with Crippen molar-refractivity contribution in [3.05, 3.63) is 37.4 Å². The van der Waals surface area contributed by atoms with E-state index in [4.69, 9.17) is 10.5 Å². The van der Waals surface area contributed by atoms with Gasteiger partial charge in [0, 0.05) is 18.7 Å². The Morgan fingerprint density at radius 1 is 1.24 bits per heavy atom. The third-order valence-corrected chi connectivity index (χ3v) is 6.03. The van der Waals surface area contributed by atoms with Crippen LogP contribution in [0.1, 0.15) is 6.42 Å². The molecule has 0 aliphatic carbocycles. The van der Waals surface area contributed by atoms with E-state index in [2.05, 4.69) is 15.1 Å². The van der Waals surface area contributed by atoms with Gasteiger partial charge in [0.1, 0.15) is 11.4 Å². The second kappa shape index (κ2) is 8.77. The number of hydrogen-bond acceptors (Lipinski definition) is 7. The van der Waals surface area contributed by atoms with Crippen LogP contribution in [0.2, 0.25) is 0 Å². The van der Waals surface area contributed by atoms with Crippen molar-refractivity contribution < 1.29 is 73.3 Å². The van der Waals surface area contributed by atoms with E-state index in [1.54, 1.807) is 0 Å². The number of rotatable bonds is 3. The molecule has 0 amide bonds. The average molecular weight is 451 g/mol. The molecule has 9 nitrogen and oxygen atoms in total. The van der Waals surface area contributed by atoms with Crippen molar-refractivity contribution in [3.63, 3.8) is 0 Å². The SMILES string of the molecule is COc1cc2ncc(-c3nc(N)c(F)cc3F)n2nc1N1CCCS1(=O)=O.[CH3-].[K+].